The molecule has 3 aliphatic rings. The number of carbonyl (C=O) groups is 1. The van der Waals surface area contributed by atoms with E-state index < -0.39 is 28.3 Å². The van der Waals surface area contributed by atoms with Gasteiger partial charge in [-0.1, -0.05) is 11.6 Å². The topological polar surface area (TPSA) is 143 Å². The number of furan rings is 1. The van der Waals surface area contributed by atoms with E-state index in [1.807, 2.05) is 0 Å². The highest BCUT2D eigenvalue weighted by molar-refractivity contribution is 7.91. The zero-order chi connectivity index (χ0) is 23.0. The molecule has 1 amide bonds. The third-order valence-corrected chi connectivity index (χ3v) is 8.69. The van der Waals surface area contributed by atoms with Crippen molar-refractivity contribution in [1.82, 2.24) is 10.3 Å². The minimum absolute atomic E-state index is 0.0465. The Morgan fingerprint density at radius 3 is 2.67 bits per heavy atom. The first-order chi connectivity index (χ1) is 15.6. The number of hydrogen-bond donors (Lipinski definition) is 3. The molecule has 0 aliphatic heterocycles. The molecule has 1 atom stereocenters. The maximum absolute atomic E-state index is 12.7. The van der Waals surface area contributed by atoms with Crippen molar-refractivity contribution in [3.8, 4) is 0 Å². The SMILES string of the molecule is N[C@]1(NC(=O)c2ccc([S@+]([O-])CC3CC3)o2)CC2(C1)C[C@](N)(c1nc3cc(Cl)ccc3o1)C2. The number of aromatic nitrogens is 1. The maximum Gasteiger partial charge on any atom is 0.311 e. The van der Waals surface area contributed by atoms with E-state index in [1.165, 1.54) is 0 Å². The highest BCUT2D eigenvalue weighted by Gasteiger charge is 2.65. The quantitative estimate of drug-likeness (QED) is 0.356. The summed E-state index contributed by atoms with van der Waals surface area (Å²) >= 11 is 4.83. The number of fused-ring (bicyclic) bond motifs is 1. The third kappa shape index (κ3) is 3.85. The molecule has 2 heterocycles. The molecule has 3 aliphatic carbocycles. The Kier molecular flexibility index (Phi) is 4.71. The molecule has 174 valence electrons. The van der Waals surface area contributed by atoms with Crippen LogP contribution in [0.3, 0.4) is 0 Å². The molecule has 3 saturated carbocycles. The summed E-state index contributed by atoms with van der Waals surface area (Å²) in [6.45, 7) is 0. The van der Waals surface area contributed by atoms with Crippen molar-refractivity contribution in [3.05, 3.63) is 47.0 Å². The van der Waals surface area contributed by atoms with Gasteiger partial charge >= 0.3 is 5.09 Å². The number of nitrogens with one attached hydrogen (secondary N) is 1. The van der Waals surface area contributed by atoms with Crippen LogP contribution < -0.4 is 16.8 Å². The number of benzene rings is 1. The molecular weight excluding hydrogens is 464 g/mol. The van der Waals surface area contributed by atoms with Gasteiger partial charge in [0.1, 0.15) is 11.3 Å². The molecule has 33 heavy (non-hydrogen) atoms. The number of nitrogens with two attached hydrogens (primary N) is 2. The van der Waals surface area contributed by atoms with E-state index >= 15 is 0 Å². The molecule has 8 nitrogen and oxygen atoms in total. The fraction of sp³-hybridized carbons (Fsp3) is 0.478. The Bertz CT molecular complexity index is 1240. The van der Waals surface area contributed by atoms with Crippen LogP contribution in [0.15, 0.2) is 44.3 Å². The highest BCUT2D eigenvalue weighted by Crippen LogP contribution is 2.64. The van der Waals surface area contributed by atoms with Gasteiger partial charge in [-0.05, 0) is 68.2 Å². The largest absolute Gasteiger partial charge is 0.609 e. The fourth-order valence-corrected chi connectivity index (χ4v) is 7.10. The molecule has 0 saturated heterocycles. The number of halogens is 1. The highest BCUT2D eigenvalue weighted by atomic mass is 35.5. The molecule has 1 aromatic carbocycles. The van der Waals surface area contributed by atoms with Crippen LogP contribution in [0.2, 0.25) is 5.02 Å². The number of rotatable bonds is 6. The van der Waals surface area contributed by atoms with Crippen LogP contribution in [0.1, 0.15) is 55.0 Å². The van der Waals surface area contributed by atoms with Crippen molar-refractivity contribution in [2.45, 2.75) is 54.8 Å². The van der Waals surface area contributed by atoms with Crippen LogP contribution in [-0.2, 0) is 16.7 Å². The smallest absolute Gasteiger partial charge is 0.311 e. The van der Waals surface area contributed by atoms with Crippen LogP contribution in [0.25, 0.3) is 11.1 Å². The number of hydrogen-bond acceptors (Lipinski definition) is 7. The predicted molar refractivity (Wildman–Crippen MR) is 123 cm³/mol. The molecule has 3 aromatic rings. The van der Waals surface area contributed by atoms with Gasteiger partial charge in [0, 0.05) is 28.2 Å². The Morgan fingerprint density at radius 2 is 1.94 bits per heavy atom. The summed E-state index contributed by atoms with van der Waals surface area (Å²) in [7, 11) is 0. The average molecular weight is 489 g/mol. The molecule has 3 fully saturated rings. The van der Waals surface area contributed by atoms with Crippen LogP contribution in [0, 0.1) is 11.3 Å². The van der Waals surface area contributed by atoms with Gasteiger partial charge in [0.15, 0.2) is 11.3 Å². The predicted octanol–water partition coefficient (Wildman–Crippen LogP) is 3.40. The van der Waals surface area contributed by atoms with Crippen molar-refractivity contribution in [3.63, 3.8) is 0 Å². The van der Waals surface area contributed by atoms with E-state index in [0.29, 0.717) is 64.5 Å². The number of carbonyl (C=O) groups excluding carboxylic acids is 1. The summed E-state index contributed by atoms with van der Waals surface area (Å²) in [5, 5.41) is 3.82. The summed E-state index contributed by atoms with van der Waals surface area (Å²) in [6.07, 6.45) is 4.81. The summed E-state index contributed by atoms with van der Waals surface area (Å²) in [4.78, 5) is 17.2. The Hall–Kier alpha value is -2.04. The van der Waals surface area contributed by atoms with E-state index in [1.54, 1.807) is 30.3 Å². The lowest BCUT2D eigenvalue weighted by Gasteiger charge is -2.64. The summed E-state index contributed by atoms with van der Waals surface area (Å²) in [5.74, 6) is 1.34. The van der Waals surface area contributed by atoms with E-state index in [4.69, 9.17) is 31.9 Å². The summed E-state index contributed by atoms with van der Waals surface area (Å²) < 4.78 is 23.7. The van der Waals surface area contributed by atoms with Crippen LogP contribution in [0.5, 0.6) is 0 Å². The van der Waals surface area contributed by atoms with Crippen molar-refractivity contribution in [2.24, 2.45) is 22.8 Å². The first kappa shape index (κ1) is 21.5. The fourth-order valence-electron chi connectivity index (χ4n) is 5.61. The van der Waals surface area contributed by atoms with Crippen LogP contribution in [-0.4, -0.2) is 26.9 Å². The van der Waals surface area contributed by atoms with Crippen molar-refractivity contribution >= 4 is 39.8 Å². The van der Waals surface area contributed by atoms with Crippen molar-refractivity contribution in [1.29, 1.82) is 0 Å². The zero-order valence-corrected chi connectivity index (χ0v) is 19.5. The van der Waals surface area contributed by atoms with Gasteiger partial charge in [-0.25, -0.2) is 4.98 Å². The van der Waals surface area contributed by atoms with Gasteiger partial charge in [-0.3, -0.25) is 4.79 Å². The second-order valence-electron chi connectivity index (χ2n) is 10.2. The van der Waals surface area contributed by atoms with Gasteiger partial charge < -0.3 is 30.2 Å². The maximum atomic E-state index is 12.7. The van der Waals surface area contributed by atoms with Gasteiger partial charge in [0.2, 0.25) is 5.89 Å². The molecule has 1 spiro atoms. The number of amides is 1. The van der Waals surface area contributed by atoms with Gasteiger partial charge in [0.25, 0.3) is 5.91 Å². The van der Waals surface area contributed by atoms with Gasteiger partial charge in [0.05, 0.1) is 11.2 Å². The lowest BCUT2D eigenvalue weighted by atomic mass is 9.45. The minimum atomic E-state index is -1.21. The van der Waals surface area contributed by atoms with E-state index in [2.05, 4.69) is 10.3 Å². The lowest BCUT2D eigenvalue weighted by molar-refractivity contribution is -0.113. The van der Waals surface area contributed by atoms with E-state index in [-0.39, 0.29) is 11.2 Å². The van der Waals surface area contributed by atoms with Crippen LogP contribution in [0.4, 0.5) is 0 Å². The molecule has 5 N–H and O–H groups in total. The summed E-state index contributed by atoms with van der Waals surface area (Å²) in [6, 6.07) is 8.47. The standard InChI is InChI=1S/C23H25ClN4O4S/c24-14-3-4-16-15(7-14)27-20(32-16)22(25)9-21(10-22)11-23(26,12-21)28-19(29)17-5-6-18(31-17)33(30)8-13-1-2-13/h3-7,13H,1-2,8-12,25-26H2,(H,28,29)/t21?,22-,23-,33-/m1/s1. The van der Waals surface area contributed by atoms with Crippen molar-refractivity contribution in [2.75, 3.05) is 5.75 Å². The molecule has 10 heteroatoms. The molecule has 0 bridgehead atoms. The summed E-state index contributed by atoms with van der Waals surface area (Å²) in [5.41, 5.74) is 12.9. The van der Waals surface area contributed by atoms with Gasteiger partial charge in [-0.2, -0.15) is 0 Å². The second-order valence-corrected chi connectivity index (χ2v) is 12.0. The molecule has 6 rings (SSSR count). The Labute approximate surface area is 198 Å². The number of nitrogens with zero attached hydrogens (tertiary/aromatic N) is 1. The zero-order valence-electron chi connectivity index (χ0n) is 17.9. The second kappa shape index (κ2) is 7.23. The normalized spacial score (nSPS) is 31.9. The lowest BCUT2D eigenvalue weighted by Crippen LogP contribution is -2.73. The number of oxazole rings is 1. The first-order valence-electron chi connectivity index (χ1n) is 11.1. The monoisotopic (exact) mass is 488 g/mol. The third-order valence-electron chi connectivity index (χ3n) is 7.01. The van der Waals surface area contributed by atoms with E-state index in [0.717, 1.165) is 12.8 Å². The Balaban J connectivity index is 1.07. The van der Waals surface area contributed by atoms with Crippen molar-refractivity contribution < 1.29 is 18.2 Å². The molecular formula is C23H25ClN4O4S. The molecule has 0 unspecified atom stereocenters. The van der Waals surface area contributed by atoms with Crippen LogP contribution >= 0.6 is 11.6 Å². The van der Waals surface area contributed by atoms with E-state index in [9.17, 15) is 9.35 Å². The average Bonchev–Trinajstić information content (AvgIpc) is 3.22. The minimum Gasteiger partial charge on any atom is -0.609 e. The first-order valence-corrected chi connectivity index (χ1v) is 12.8. The Morgan fingerprint density at radius 1 is 1.18 bits per heavy atom. The molecule has 0 radical (unpaired) electrons. The van der Waals surface area contributed by atoms with Gasteiger partial charge in [-0.15, -0.1) is 0 Å². The molecule has 2 aromatic heterocycles.